The molecule has 2 rings (SSSR count). The molecule has 0 aliphatic carbocycles. The third kappa shape index (κ3) is 3.13. The minimum Gasteiger partial charge on any atom is -0.280 e. The van der Waals surface area contributed by atoms with E-state index >= 15 is 0 Å². The van der Waals surface area contributed by atoms with Gasteiger partial charge in [0.05, 0.1) is 0 Å². The van der Waals surface area contributed by atoms with Crippen molar-refractivity contribution >= 4 is 15.8 Å². The average Bonchev–Trinajstić information content (AvgIpc) is 2.79. The minimum absolute atomic E-state index is 0.0390. The van der Waals surface area contributed by atoms with E-state index < -0.39 is 26.6 Å². The predicted octanol–water partition coefficient (Wildman–Crippen LogP) is 2.44. The maximum atomic E-state index is 13.5. The van der Waals surface area contributed by atoms with Crippen LogP contribution in [0.15, 0.2) is 29.2 Å². The molecule has 0 saturated carbocycles. The first-order valence-electron chi connectivity index (χ1n) is 5.94. The summed E-state index contributed by atoms with van der Waals surface area (Å²) >= 11 is 0. The SMILES string of the molecule is CCCc1cc(NS(=O)(=O)c2cc(F)ccc2F)n[nH]1. The summed E-state index contributed by atoms with van der Waals surface area (Å²) in [5.41, 5.74) is 0.755. The van der Waals surface area contributed by atoms with E-state index in [1.165, 1.54) is 6.07 Å². The lowest BCUT2D eigenvalue weighted by molar-refractivity contribution is 0.555. The lowest BCUT2D eigenvalue weighted by Gasteiger charge is -2.06. The summed E-state index contributed by atoms with van der Waals surface area (Å²) < 4.78 is 52.6. The molecule has 108 valence electrons. The van der Waals surface area contributed by atoms with Crippen molar-refractivity contribution < 1.29 is 17.2 Å². The van der Waals surface area contributed by atoms with Crippen molar-refractivity contribution in [1.82, 2.24) is 10.2 Å². The molecule has 20 heavy (non-hydrogen) atoms. The van der Waals surface area contributed by atoms with E-state index in [2.05, 4.69) is 14.9 Å². The van der Waals surface area contributed by atoms with Crippen LogP contribution in [-0.2, 0) is 16.4 Å². The highest BCUT2D eigenvalue weighted by molar-refractivity contribution is 7.92. The Morgan fingerprint density at radius 2 is 2.05 bits per heavy atom. The van der Waals surface area contributed by atoms with E-state index in [0.29, 0.717) is 12.5 Å². The molecular weight excluding hydrogens is 288 g/mol. The second-order valence-corrected chi connectivity index (χ2v) is 5.86. The van der Waals surface area contributed by atoms with Crippen LogP contribution in [0.5, 0.6) is 0 Å². The number of aryl methyl sites for hydroxylation is 1. The molecule has 2 N–H and O–H groups in total. The first kappa shape index (κ1) is 14.4. The summed E-state index contributed by atoms with van der Waals surface area (Å²) in [5, 5.41) is 6.43. The highest BCUT2D eigenvalue weighted by Gasteiger charge is 2.21. The van der Waals surface area contributed by atoms with E-state index in [9.17, 15) is 17.2 Å². The van der Waals surface area contributed by atoms with Crippen molar-refractivity contribution in [3.63, 3.8) is 0 Å². The zero-order valence-electron chi connectivity index (χ0n) is 10.7. The molecule has 0 bridgehead atoms. The fraction of sp³-hybridized carbons (Fsp3) is 0.250. The number of halogens is 2. The van der Waals surface area contributed by atoms with Gasteiger partial charge in [-0.25, -0.2) is 17.2 Å². The Morgan fingerprint density at radius 3 is 2.75 bits per heavy atom. The molecule has 1 heterocycles. The standard InChI is InChI=1S/C12H13F2N3O2S/c1-2-3-9-7-12(16-15-9)17-20(18,19)11-6-8(13)4-5-10(11)14/h4-7H,2-3H2,1H3,(H2,15,16,17). The van der Waals surface area contributed by atoms with Crippen molar-refractivity contribution in [2.75, 3.05) is 4.72 Å². The third-order valence-corrected chi connectivity index (χ3v) is 3.94. The number of rotatable bonds is 5. The molecule has 0 aliphatic rings. The Balaban J connectivity index is 2.28. The fourth-order valence-electron chi connectivity index (χ4n) is 1.69. The number of nitrogens with zero attached hydrogens (tertiary/aromatic N) is 1. The maximum Gasteiger partial charge on any atom is 0.266 e. The van der Waals surface area contributed by atoms with Gasteiger partial charge in [0.2, 0.25) is 0 Å². The number of aromatic amines is 1. The Morgan fingerprint density at radius 1 is 1.30 bits per heavy atom. The first-order valence-corrected chi connectivity index (χ1v) is 7.43. The van der Waals surface area contributed by atoms with Crippen LogP contribution in [0, 0.1) is 11.6 Å². The molecule has 2 aromatic rings. The Bertz CT molecular complexity index is 713. The lowest BCUT2D eigenvalue weighted by Crippen LogP contribution is -2.15. The molecule has 0 spiro atoms. The number of hydrogen-bond acceptors (Lipinski definition) is 3. The van der Waals surface area contributed by atoms with E-state index in [1.807, 2.05) is 6.92 Å². The second kappa shape index (κ2) is 5.58. The molecule has 1 aromatic carbocycles. The molecule has 1 aromatic heterocycles. The topological polar surface area (TPSA) is 74.8 Å². The van der Waals surface area contributed by atoms with E-state index in [1.54, 1.807) is 0 Å². The second-order valence-electron chi connectivity index (χ2n) is 4.21. The van der Waals surface area contributed by atoms with E-state index in [4.69, 9.17) is 0 Å². The van der Waals surface area contributed by atoms with Crippen LogP contribution < -0.4 is 4.72 Å². The van der Waals surface area contributed by atoms with Crippen molar-refractivity contribution in [2.24, 2.45) is 0 Å². The van der Waals surface area contributed by atoms with Gasteiger partial charge in [-0.1, -0.05) is 13.3 Å². The number of H-pyrrole nitrogens is 1. The number of anilines is 1. The average molecular weight is 301 g/mol. The summed E-state index contributed by atoms with van der Waals surface area (Å²) in [7, 11) is -4.22. The largest absolute Gasteiger partial charge is 0.280 e. The summed E-state index contributed by atoms with van der Waals surface area (Å²) in [4.78, 5) is -0.752. The fourth-order valence-corrected chi connectivity index (χ4v) is 2.77. The van der Waals surface area contributed by atoms with Crippen LogP contribution in [0.1, 0.15) is 19.0 Å². The third-order valence-electron chi connectivity index (χ3n) is 2.57. The first-order chi connectivity index (χ1) is 9.42. The van der Waals surface area contributed by atoms with Crippen molar-refractivity contribution in [3.8, 4) is 0 Å². The minimum atomic E-state index is -4.22. The molecule has 0 atom stereocenters. The van der Waals surface area contributed by atoms with Crippen molar-refractivity contribution in [2.45, 2.75) is 24.7 Å². The molecule has 5 nitrogen and oxygen atoms in total. The highest BCUT2D eigenvalue weighted by atomic mass is 32.2. The molecule has 0 radical (unpaired) electrons. The van der Waals surface area contributed by atoms with Gasteiger partial charge >= 0.3 is 0 Å². The maximum absolute atomic E-state index is 13.5. The van der Waals surface area contributed by atoms with Gasteiger partial charge in [-0.3, -0.25) is 9.82 Å². The van der Waals surface area contributed by atoms with Gasteiger partial charge in [0.25, 0.3) is 10.0 Å². The molecule has 8 heteroatoms. The van der Waals surface area contributed by atoms with Gasteiger partial charge in [0.1, 0.15) is 16.5 Å². The quantitative estimate of drug-likeness (QED) is 0.890. The Hall–Kier alpha value is -1.96. The van der Waals surface area contributed by atoms with Gasteiger partial charge in [-0.15, -0.1) is 0 Å². The van der Waals surface area contributed by atoms with Gasteiger partial charge in [-0.2, -0.15) is 5.10 Å². The van der Waals surface area contributed by atoms with Crippen LogP contribution in [0.3, 0.4) is 0 Å². The van der Waals surface area contributed by atoms with Crippen LogP contribution in [0.2, 0.25) is 0 Å². The lowest BCUT2D eigenvalue weighted by atomic mass is 10.2. The molecule has 0 saturated heterocycles. The van der Waals surface area contributed by atoms with E-state index in [-0.39, 0.29) is 5.82 Å². The van der Waals surface area contributed by atoms with Crippen molar-refractivity contribution in [3.05, 3.63) is 41.6 Å². The van der Waals surface area contributed by atoms with Crippen LogP contribution in [0.4, 0.5) is 14.6 Å². The van der Waals surface area contributed by atoms with Gasteiger partial charge in [0, 0.05) is 11.8 Å². The predicted molar refractivity (Wildman–Crippen MR) is 69.7 cm³/mol. The number of nitrogens with one attached hydrogen (secondary N) is 2. The molecule has 0 aliphatic heterocycles. The van der Waals surface area contributed by atoms with E-state index in [0.717, 1.165) is 24.2 Å². The van der Waals surface area contributed by atoms with Crippen LogP contribution in [0.25, 0.3) is 0 Å². The number of benzene rings is 1. The summed E-state index contributed by atoms with van der Waals surface area (Å²) in [6.07, 6.45) is 1.58. The normalized spacial score (nSPS) is 11.6. The van der Waals surface area contributed by atoms with Gasteiger partial charge < -0.3 is 0 Å². The zero-order valence-corrected chi connectivity index (χ0v) is 11.5. The molecular formula is C12H13F2N3O2S. The van der Waals surface area contributed by atoms with Crippen LogP contribution in [-0.4, -0.2) is 18.6 Å². The zero-order chi connectivity index (χ0) is 14.8. The monoisotopic (exact) mass is 301 g/mol. The van der Waals surface area contributed by atoms with Gasteiger partial charge in [0.15, 0.2) is 5.82 Å². The van der Waals surface area contributed by atoms with Crippen LogP contribution >= 0.6 is 0 Å². The smallest absolute Gasteiger partial charge is 0.266 e. The van der Waals surface area contributed by atoms with Gasteiger partial charge in [-0.05, 0) is 24.6 Å². The number of hydrogen-bond donors (Lipinski definition) is 2. The summed E-state index contributed by atoms with van der Waals surface area (Å²) in [6, 6.07) is 3.74. The summed E-state index contributed by atoms with van der Waals surface area (Å²) in [6.45, 7) is 1.97. The van der Waals surface area contributed by atoms with Crippen molar-refractivity contribution in [1.29, 1.82) is 0 Å². The number of aromatic nitrogens is 2. The Kier molecular flexibility index (Phi) is 4.03. The number of sulfonamides is 1. The Labute approximate surface area is 115 Å². The highest BCUT2D eigenvalue weighted by Crippen LogP contribution is 2.19. The summed E-state index contributed by atoms with van der Waals surface area (Å²) in [5.74, 6) is -1.82. The molecule has 0 unspecified atom stereocenters. The molecule has 0 amide bonds. The molecule has 0 fully saturated rings.